The summed E-state index contributed by atoms with van der Waals surface area (Å²) < 4.78 is 16.4. The topological polar surface area (TPSA) is 77.6 Å². The number of Topliss-reactive ketones (excluding diaryl/α,β-unsaturated/α-hetero) is 1. The maximum absolute atomic E-state index is 12.6. The van der Waals surface area contributed by atoms with Crippen LogP contribution in [-0.2, 0) is 9.53 Å². The summed E-state index contributed by atoms with van der Waals surface area (Å²) in [5.41, 5.74) is 2.98. The van der Waals surface area contributed by atoms with Gasteiger partial charge < -0.3 is 19.2 Å². The van der Waals surface area contributed by atoms with E-state index in [1.165, 1.54) is 6.08 Å². The molecule has 0 bridgehead atoms. The molecule has 1 aliphatic heterocycles. The number of esters is 1. The molecule has 0 amide bonds. The second-order valence-corrected chi connectivity index (χ2v) is 6.79. The molecule has 0 unspecified atom stereocenters. The van der Waals surface area contributed by atoms with Crippen LogP contribution >= 0.6 is 0 Å². The highest BCUT2D eigenvalue weighted by atomic mass is 16.5. The third-order valence-corrected chi connectivity index (χ3v) is 4.70. The summed E-state index contributed by atoms with van der Waals surface area (Å²) in [7, 11) is 0. The quantitative estimate of drug-likeness (QED) is 0.403. The zero-order valence-electron chi connectivity index (χ0n) is 16.1. The van der Waals surface area contributed by atoms with Crippen molar-refractivity contribution in [3.8, 4) is 11.5 Å². The minimum absolute atomic E-state index is 0.239. The summed E-state index contributed by atoms with van der Waals surface area (Å²) in [6, 6.07) is 13.0. The first kappa shape index (κ1) is 18.8. The van der Waals surface area contributed by atoms with Gasteiger partial charge in [-0.05, 0) is 36.8 Å². The lowest BCUT2D eigenvalue weighted by Crippen LogP contribution is -2.13. The fourth-order valence-electron chi connectivity index (χ4n) is 3.34. The molecule has 1 aromatic heterocycles. The molecule has 2 heterocycles. The van der Waals surface area contributed by atoms with Crippen molar-refractivity contribution in [2.24, 2.45) is 0 Å². The molecule has 2 aromatic carbocycles. The van der Waals surface area contributed by atoms with Gasteiger partial charge in [0.15, 0.2) is 18.1 Å². The van der Waals surface area contributed by atoms with Gasteiger partial charge in [0.05, 0.1) is 13.2 Å². The zero-order valence-corrected chi connectivity index (χ0v) is 16.1. The van der Waals surface area contributed by atoms with E-state index in [0.29, 0.717) is 30.3 Å². The third kappa shape index (κ3) is 4.16. The van der Waals surface area contributed by atoms with Gasteiger partial charge in [0, 0.05) is 34.7 Å². The summed E-state index contributed by atoms with van der Waals surface area (Å²) in [4.78, 5) is 27.8. The molecule has 1 N–H and O–H groups in total. The summed E-state index contributed by atoms with van der Waals surface area (Å²) in [5.74, 6) is 0.533. The Labute approximate surface area is 168 Å². The van der Waals surface area contributed by atoms with Crippen molar-refractivity contribution < 1.29 is 23.8 Å². The van der Waals surface area contributed by atoms with Crippen LogP contribution in [0.5, 0.6) is 11.5 Å². The largest absolute Gasteiger partial charge is 0.490 e. The highest BCUT2D eigenvalue weighted by molar-refractivity contribution is 6.10. The van der Waals surface area contributed by atoms with Crippen molar-refractivity contribution >= 4 is 28.7 Å². The summed E-state index contributed by atoms with van der Waals surface area (Å²) in [6.45, 7) is 2.74. The Kier molecular flexibility index (Phi) is 5.33. The van der Waals surface area contributed by atoms with E-state index in [1.807, 2.05) is 49.4 Å². The fraction of sp³-hybridized carbons (Fsp3) is 0.217. The Morgan fingerprint density at radius 1 is 1.10 bits per heavy atom. The van der Waals surface area contributed by atoms with Crippen LogP contribution < -0.4 is 9.47 Å². The molecule has 3 aromatic rings. The molecule has 0 saturated carbocycles. The number of carbonyl (C=O) groups excluding carboxylic acids is 2. The van der Waals surface area contributed by atoms with Crippen LogP contribution in [0, 0.1) is 6.92 Å². The molecule has 0 radical (unpaired) electrons. The number of ketones is 1. The number of hydrogen-bond donors (Lipinski definition) is 1. The smallest absolute Gasteiger partial charge is 0.331 e. The van der Waals surface area contributed by atoms with Crippen molar-refractivity contribution in [2.45, 2.75) is 13.3 Å². The average molecular weight is 391 g/mol. The summed E-state index contributed by atoms with van der Waals surface area (Å²) in [5, 5.41) is 0.828. The number of aromatic amines is 1. The van der Waals surface area contributed by atoms with Crippen molar-refractivity contribution in [2.75, 3.05) is 19.8 Å². The molecule has 1 aliphatic rings. The minimum atomic E-state index is -0.581. The molecule has 0 saturated heterocycles. The molecule has 29 heavy (non-hydrogen) atoms. The first-order valence-corrected chi connectivity index (χ1v) is 9.47. The lowest BCUT2D eigenvalue weighted by atomic mass is 10.1. The van der Waals surface area contributed by atoms with E-state index in [4.69, 9.17) is 14.2 Å². The van der Waals surface area contributed by atoms with Crippen LogP contribution in [-0.4, -0.2) is 36.6 Å². The predicted molar refractivity (Wildman–Crippen MR) is 109 cm³/mol. The number of nitrogens with one attached hydrogen (secondary N) is 1. The van der Waals surface area contributed by atoms with E-state index in [2.05, 4.69) is 4.98 Å². The number of ether oxygens (including phenoxy) is 3. The molecule has 4 rings (SSSR count). The maximum Gasteiger partial charge on any atom is 0.331 e. The van der Waals surface area contributed by atoms with Crippen LogP contribution in [0.1, 0.15) is 28.0 Å². The first-order valence-electron chi connectivity index (χ1n) is 9.47. The van der Waals surface area contributed by atoms with Crippen molar-refractivity contribution in [3.05, 3.63) is 65.4 Å². The highest BCUT2D eigenvalue weighted by Crippen LogP contribution is 2.30. The van der Waals surface area contributed by atoms with E-state index in [-0.39, 0.29) is 12.4 Å². The maximum atomic E-state index is 12.6. The molecular weight excluding hydrogens is 370 g/mol. The minimum Gasteiger partial charge on any atom is -0.490 e. The fourth-order valence-corrected chi connectivity index (χ4v) is 3.34. The molecule has 6 nitrogen and oxygen atoms in total. The van der Waals surface area contributed by atoms with Gasteiger partial charge in [-0.25, -0.2) is 4.79 Å². The van der Waals surface area contributed by atoms with Gasteiger partial charge in [0.1, 0.15) is 0 Å². The molecule has 0 aliphatic carbocycles. The number of H-pyrrole nitrogens is 1. The van der Waals surface area contributed by atoms with Crippen LogP contribution in [0.2, 0.25) is 0 Å². The van der Waals surface area contributed by atoms with Gasteiger partial charge in [-0.15, -0.1) is 0 Å². The van der Waals surface area contributed by atoms with Crippen molar-refractivity contribution in [1.82, 2.24) is 4.98 Å². The lowest BCUT2D eigenvalue weighted by molar-refractivity contribution is -0.136. The summed E-state index contributed by atoms with van der Waals surface area (Å²) in [6.07, 6.45) is 3.75. The van der Waals surface area contributed by atoms with Crippen molar-refractivity contribution in [3.63, 3.8) is 0 Å². The number of para-hydroxylation sites is 1. The monoisotopic (exact) mass is 391 g/mol. The van der Waals surface area contributed by atoms with Gasteiger partial charge in [-0.2, -0.15) is 0 Å². The van der Waals surface area contributed by atoms with Gasteiger partial charge in [-0.1, -0.05) is 24.3 Å². The normalized spacial score (nSPS) is 13.4. The van der Waals surface area contributed by atoms with E-state index < -0.39 is 5.97 Å². The Balaban J connectivity index is 1.39. The number of benzene rings is 2. The predicted octanol–water partition coefficient (Wildman–Crippen LogP) is 4.08. The lowest BCUT2D eigenvalue weighted by Gasteiger charge is -2.07. The van der Waals surface area contributed by atoms with Crippen LogP contribution in [0.15, 0.2) is 48.5 Å². The van der Waals surface area contributed by atoms with E-state index in [1.54, 1.807) is 6.08 Å². The first-order chi connectivity index (χ1) is 14.1. The Morgan fingerprint density at radius 3 is 2.76 bits per heavy atom. The number of fused-ring (bicyclic) bond motifs is 2. The second-order valence-electron chi connectivity index (χ2n) is 6.79. The summed E-state index contributed by atoms with van der Waals surface area (Å²) >= 11 is 0. The Bertz CT molecular complexity index is 1100. The van der Waals surface area contributed by atoms with E-state index in [0.717, 1.165) is 28.6 Å². The third-order valence-electron chi connectivity index (χ3n) is 4.70. The van der Waals surface area contributed by atoms with Gasteiger partial charge >= 0.3 is 5.97 Å². The van der Waals surface area contributed by atoms with Crippen molar-refractivity contribution in [1.29, 1.82) is 0 Å². The van der Waals surface area contributed by atoms with Gasteiger partial charge in [0.25, 0.3) is 0 Å². The molecule has 148 valence electrons. The van der Waals surface area contributed by atoms with Crippen LogP contribution in [0.4, 0.5) is 0 Å². The van der Waals surface area contributed by atoms with Gasteiger partial charge in [0.2, 0.25) is 5.78 Å². The van der Waals surface area contributed by atoms with Crippen LogP contribution in [0.25, 0.3) is 17.0 Å². The zero-order chi connectivity index (χ0) is 20.2. The Hall–Kier alpha value is -3.54. The molecule has 0 spiro atoms. The SMILES string of the molecule is Cc1[nH]c2ccccc2c1C(=O)COC(=O)/C=C/c1ccc2c(c1)OCCCO2. The molecular formula is C23H21NO5. The highest BCUT2D eigenvalue weighted by Gasteiger charge is 2.17. The standard InChI is InChI=1S/C23H21NO5/c1-15-23(17-5-2-3-6-18(17)24-15)19(25)14-29-22(26)10-8-16-7-9-20-21(13-16)28-12-4-11-27-20/h2-3,5-10,13,24H,4,11-12,14H2,1H3/b10-8+. The van der Waals surface area contributed by atoms with Gasteiger partial charge in [-0.3, -0.25) is 4.79 Å². The van der Waals surface area contributed by atoms with E-state index >= 15 is 0 Å². The molecule has 6 heteroatoms. The molecule has 0 atom stereocenters. The molecule has 0 fully saturated rings. The number of aromatic nitrogens is 1. The number of hydrogen-bond acceptors (Lipinski definition) is 5. The number of aryl methyl sites for hydroxylation is 1. The number of carbonyl (C=O) groups is 2. The average Bonchev–Trinajstić information content (AvgIpc) is 2.90. The van der Waals surface area contributed by atoms with Crippen LogP contribution in [0.3, 0.4) is 0 Å². The Morgan fingerprint density at radius 2 is 1.90 bits per heavy atom. The van der Waals surface area contributed by atoms with E-state index in [9.17, 15) is 9.59 Å². The second kappa shape index (κ2) is 8.22. The number of rotatable bonds is 5.